The molecular weight excluding hydrogens is 521 g/mol. The average molecular weight is 542 g/mol. The van der Waals surface area contributed by atoms with E-state index in [2.05, 4.69) is 20.7 Å². The van der Waals surface area contributed by atoms with Crippen molar-refractivity contribution >= 4 is 47.1 Å². The molecule has 0 spiro atoms. The molecule has 1 N–H and O–H groups in total. The highest BCUT2D eigenvalue weighted by Crippen LogP contribution is 2.34. The molecule has 3 aromatic carbocycles. The van der Waals surface area contributed by atoms with Crippen LogP contribution in [0, 0.1) is 0 Å². The molecule has 11 heteroatoms. The Morgan fingerprint density at radius 3 is 2.42 bits per heavy atom. The first kappa shape index (κ1) is 25.6. The summed E-state index contributed by atoms with van der Waals surface area (Å²) in [4.78, 5) is 12.5. The Morgan fingerprint density at radius 1 is 1.00 bits per heavy atom. The van der Waals surface area contributed by atoms with Gasteiger partial charge in [-0.2, -0.15) is 5.10 Å². The molecule has 0 saturated carbocycles. The normalized spacial score (nSPS) is 11.0. The van der Waals surface area contributed by atoms with Crippen LogP contribution in [0.25, 0.3) is 17.1 Å². The molecule has 4 aromatic rings. The van der Waals surface area contributed by atoms with Gasteiger partial charge in [0.25, 0.3) is 5.91 Å². The standard InChI is InChI=1S/C25H21Cl2N5O3S/c1-34-21-12-11-16(13-22(21)35-2)24-30-31-25(32(24)17-7-4-3-5-8-17)36-15-23(33)29-28-14-18-19(26)9-6-10-20(18)27/h3-14H,15H2,1-2H3,(H,29,33)/b28-14+. The fourth-order valence-corrected chi connectivity index (χ4v) is 4.54. The second kappa shape index (κ2) is 11.9. The van der Waals surface area contributed by atoms with Crippen molar-refractivity contribution in [2.24, 2.45) is 5.10 Å². The zero-order valence-corrected chi connectivity index (χ0v) is 21.6. The Labute approximate surface area is 222 Å². The molecule has 184 valence electrons. The van der Waals surface area contributed by atoms with Gasteiger partial charge in [-0.05, 0) is 42.5 Å². The first-order valence-corrected chi connectivity index (χ1v) is 12.4. The third-order valence-electron chi connectivity index (χ3n) is 5.00. The highest BCUT2D eigenvalue weighted by molar-refractivity contribution is 7.99. The molecule has 36 heavy (non-hydrogen) atoms. The number of hydrogen-bond donors (Lipinski definition) is 1. The quantitative estimate of drug-likeness (QED) is 0.171. The van der Waals surface area contributed by atoms with Crippen LogP contribution in [0.1, 0.15) is 5.56 Å². The van der Waals surface area contributed by atoms with Crippen molar-refractivity contribution in [3.63, 3.8) is 0 Å². The van der Waals surface area contributed by atoms with Crippen LogP contribution < -0.4 is 14.9 Å². The molecule has 1 aromatic heterocycles. The number of halogens is 2. The zero-order valence-electron chi connectivity index (χ0n) is 19.3. The lowest BCUT2D eigenvalue weighted by atomic mass is 10.2. The van der Waals surface area contributed by atoms with Gasteiger partial charge in [0.1, 0.15) is 0 Å². The maximum atomic E-state index is 12.5. The minimum absolute atomic E-state index is 0.0600. The Hall–Kier alpha value is -3.53. The number of nitrogens with zero attached hydrogens (tertiary/aromatic N) is 4. The monoisotopic (exact) mass is 541 g/mol. The van der Waals surface area contributed by atoms with Crippen molar-refractivity contribution in [1.82, 2.24) is 20.2 Å². The molecule has 8 nitrogen and oxygen atoms in total. The third kappa shape index (κ3) is 5.81. The van der Waals surface area contributed by atoms with Gasteiger partial charge in [-0.3, -0.25) is 9.36 Å². The van der Waals surface area contributed by atoms with Gasteiger partial charge in [0, 0.05) is 16.8 Å². The van der Waals surface area contributed by atoms with Crippen LogP contribution in [-0.4, -0.2) is 46.9 Å². The lowest BCUT2D eigenvalue weighted by molar-refractivity contribution is -0.118. The van der Waals surface area contributed by atoms with Gasteiger partial charge in [-0.1, -0.05) is 59.2 Å². The summed E-state index contributed by atoms with van der Waals surface area (Å²) in [6.07, 6.45) is 1.41. The van der Waals surface area contributed by atoms with Crippen molar-refractivity contribution < 1.29 is 14.3 Å². The number of benzene rings is 3. The van der Waals surface area contributed by atoms with Crippen LogP contribution >= 0.6 is 35.0 Å². The number of hydrogen-bond acceptors (Lipinski definition) is 7. The van der Waals surface area contributed by atoms with Crippen molar-refractivity contribution in [2.75, 3.05) is 20.0 Å². The Balaban J connectivity index is 1.55. The van der Waals surface area contributed by atoms with E-state index < -0.39 is 0 Å². The number of amides is 1. The molecule has 0 aliphatic carbocycles. The number of aromatic nitrogens is 3. The van der Waals surface area contributed by atoms with E-state index in [1.54, 1.807) is 32.4 Å². The second-order valence-corrected chi connectivity index (χ2v) is 9.02. The highest BCUT2D eigenvalue weighted by atomic mass is 35.5. The van der Waals surface area contributed by atoms with Gasteiger partial charge in [-0.15, -0.1) is 10.2 Å². The van der Waals surface area contributed by atoms with Gasteiger partial charge in [0.05, 0.1) is 36.2 Å². The molecule has 0 bridgehead atoms. The van der Waals surface area contributed by atoms with E-state index >= 15 is 0 Å². The third-order valence-corrected chi connectivity index (χ3v) is 6.59. The van der Waals surface area contributed by atoms with E-state index in [1.807, 2.05) is 53.1 Å². The fraction of sp³-hybridized carbons (Fsp3) is 0.120. The molecule has 0 saturated heterocycles. The predicted octanol–water partition coefficient (Wildman–Crippen LogP) is 5.50. The molecule has 0 aliphatic heterocycles. The van der Waals surface area contributed by atoms with Crippen molar-refractivity contribution in [1.29, 1.82) is 0 Å². The number of nitrogens with one attached hydrogen (secondary N) is 1. The number of methoxy groups -OCH3 is 2. The Bertz CT molecular complexity index is 1380. The molecule has 0 unspecified atom stereocenters. The van der Waals surface area contributed by atoms with E-state index in [9.17, 15) is 4.79 Å². The lowest BCUT2D eigenvalue weighted by Gasteiger charge is -2.12. The summed E-state index contributed by atoms with van der Waals surface area (Å²) in [5.41, 5.74) is 4.64. The largest absolute Gasteiger partial charge is 0.493 e. The smallest absolute Gasteiger partial charge is 0.250 e. The minimum atomic E-state index is -0.324. The zero-order chi connectivity index (χ0) is 25.5. The summed E-state index contributed by atoms with van der Waals surface area (Å²) in [7, 11) is 3.16. The summed E-state index contributed by atoms with van der Waals surface area (Å²) in [5, 5.41) is 14.1. The van der Waals surface area contributed by atoms with E-state index in [4.69, 9.17) is 32.7 Å². The van der Waals surface area contributed by atoms with Crippen LogP contribution in [0.2, 0.25) is 10.0 Å². The molecule has 4 rings (SSSR count). The molecule has 0 atom stereocenters. The topological polar surface area (TPSA) is 90.6 Å². The Morgan fingerprint density at radius 2 is 1.72 bits per heavy atom. The summed E-state index contributed by atoms with van der Waals surface area (Å²) in [6.45, 7) is 0. The van der Waals surface area contributed by atoms with E-state index in [0.717, 1.165) is 11.3 Å². The summed E-state index contributed by atoms with van der Waals surface area (Å²) in [5.74, 6) is 1.51. The molecule has 0 fully saturated rings. The van der Waals surface area contributed by atoms with Crippen LogP contribution in [0.3, 0.4) is 0 Å². The molecule has 0 aliphatic rings. The first-order chi connectivity index (χ1) is 17.5. The fourth-order valence-electron chi connectivity index (χ4n) is 3.30. The molecular formula is C25H21Cl2N5O3S. The number of carbonyl (C=O) groups is 1. The van der Waals surface area contributed by atoms with Crippen molar-refractivity contribution in [3.05, 3.63) is 82.3 Å². The second-order valence-electron chi connectivity index (χ2n) is 7.26. The van der Waals surface area contributed by atoms with Gasteiger partial charge >= 0.3 is 0 Å². The van der Waals surface area contributed by atoms with E-state index in [1.165, 1.54) is 18.0 Å². The number of carbonyl (C=O) groups excluding carboxylic acids is 1. The first-order valence-electron chi connectivity index (χ1n) is 10.6. The van der Waals surface area contributed by atoms with Gasteiger partial charge < -0.3 is 9.47 Å². The maximum absolute atomic E-state index is 12.5. The number of ether oxygens (including phenoxy) is 2. The van der Waals surface area contributed by atoms with Crippen LogP contribution in [0.5, 0.6) is 11.5 Å². The summed E-state index contributed by atoms with van der Waals surface area (Å²) < 4.78 is 12.7. The number of para-hydroxylation sites is 1. The SMILES string of the molecule is COc1ccc(-c2nnc(SCC(=O)N/N=C/c3c(Cl)cccc3Cl)n2-c2ccccc2)cc1OC. The molecule has 1 heterocycles. The van der Waals surface area contributed by atoms with Gasteiger partial charge in [0.2, 0.25) is 0 Å². The highest BCUT2D eigenvalue weighted by Gasteiger charge is 2.18. The summed E-state index contributed by atoms with van der Waals surface area (Å²) in [6, 6.07) is 20.3. The number of thioether (sulfide) groups is 1. The van der Waals surface area contributed by atoms with Crippen molar-refractivity contribution in [3.8, 4) is 28.6 Å². The molecule has 0 radical (unpaired) electrons. The van der Waals surface area contributed by atoms with E-state index in [0.29, 0.717) is 38.1 Å². The number of rotatable bonds is 9. The van der Waals surface area contributed by atoms with E-state index in [-0.39, 0.29) is 11.7 Å². The Kier molecular flexibility index (Phi) is 8.48. The maximum Gasteiger partial charge on any atom is 0.250 e. The van der Waals surface area contributed by atoms with Crippen molar-refractivity contribution in [2.45, 2.75) is 5.16 Å². The van der Waals surface area contributed by atoms with Crippen LogP contribution in [-0.2, 0) is 4.79 Å². The lowest BCUT2D eigenvalue weighted by Crippen LogP contribution is -2.20. The average Bonchev–Trinajstić information content (AvgIpc) is 3.33. The van der Waals surface area contributed by atoms with Gasteiger partial charge in [-0.25, -0.2) is 5.43 Å². The molecule has 1 amide bonds. The van der Waals surface area contributed by atoms with Crippen LogP contribution in [0.4, 0.5) is 0 Å². The minimum Gasteiger partial charge on any atom is -0.493 e. The van der Waals surface area contributed by atoms with Crippen LogP contribution in [0.15, 0.2) is 77.0 Å². The number of hydrazone groups is 1. The summed E-state index contributed by atoms with van der Waals surface area (Å²) >= 11 is 13.5. The predicted molar refractivity (Wildman–Crippen MR) is 143 cm³/mol. The van der Waals surface area contributed by atoms with Gasteiger partial charge in [0.15, 0.2) is 22.5 Å².